The first kappa shape index (κ1) is 18.5. The lowest BCUT2D eigenvalue weighted by molar-refractivity contribution is -0.113. The maximum absolute atomic E-state index is 13.3. The van der Waals surface area contributed by atoms with Crippen molar-refractivity contribution in [2.45, 2.75) is 11.7 Å². The molecule has 0 saturated heterocycles. The van der Waals surface area contributed by atoms with E-state index in [0.717, 1.165) is 16.5 Å². The van der Waals surface area contributed by atoms with Crippen molar-refractivity contribution in [3.05, 3.63) is 71.8 Å². The van der Waals surface area contributed by atoms with Crippen LogP contribution >= 0.6 is 23.1 Å². The Hall–Kier alpha value is -2.91. The van der Waals surface area contributed by atoms with Gasteiger partial charge in [-0.05, 0) is 41.8 Å². The molecular weight excluding hydrogens is 399 g/mol. The Bertz CT molecular complexity index is 1060. The van der Waals surface area contributed by atoms with Gasteiger partial charge in [-0.25, -0.2) is 4.39 Å². The standard InChI is InChI=1S/C19H15FN4O2S2/c20-13-4-1-5-14(10-13)21-17(25)12-28-19-23-22-18(16-7-3-9-27-16)24(19)11-15-6-2-8-26-15/h1-10H,11-12H2,(H,21,25). The molecule has 1 N–H and O–H groups in total. The molecule has 0 fully saturated rings. The predicted octanol–water partition coefficient (Wildman–Crippen LogP) is 4.52. The van der Waals surface area contributed by atoms with Gasteiger partial charge < -0.3 is 9.73 Å². The largest absolute Gasteiger partial charge is 0.467 e. The van der Waals surface area contributed by atoms with Crippen molar-refractivity contribution < 1.29 is 13.6 Å². The number of thioether (sulfide) groups is 1. The van der Waals surface area contributed by atoms with Crippen LogP contribution in [0.5, 0.6) is 0 Å². The Balaban J connectivity index is 1.50. The van der Waals surface area contributed by atoms with E-state index in [1.807, 2.05) is 34.2 Å². The fraction of sp³-hybridized carbons (Fsp3) is 0.105. The molecule has 0 aliphatic heterocycles. The number of thiophene rings is 1. The van der Waals surface area contributed by atoms with E-state index in [2.05, 4.69) is 15.5 Å². The minimum absolute atomic E-state index is 0.122. The van der Waals surface area contributed by atoms with Crippen LogP contribution < -0.4 is 5.32 Å². The van der Waals surface area contributed by atoms with E-state index in [1.54, 1.807) is 29.7 Å². The second kappa shape index (κ2) is 8.41. The van der Waals surface area contributed by atoms with Crippen molar-refractivity contribution in [1.29, 1.82) is 0 Å². The fourth-order valence-corrected chi connectivity index (χ4v) is 4.03. The number of nitrogens with one attached hydrogen (secondary N) is 1. The highest BCUT2D eigenvalue weighted by Gasteiger charge is 2.17. The summed E-state index contributed by atoms with van der Waals surface area (Å²) in [7, 11) is 0. The second-order valence-electron chi connectivity index (χ2n) is 5.80. The van der Waals surface area contributed by atoms with Gasteiger partial charge in [0.05, 0.1) is 23.4 Å². The molecule has 4 rings (SSSR count). The Morgan fingerprint density at radius 2 is 2.14 bits per heavy atom. The van der Waals surface area contributed by atoms with Crippen molar-refractivity contribution in [1.82, 2.24) is 14.8 Å². The number of carbonyl (C=O) groups is 1. The number of hydrogen-bond acceptors (Lipinski definition) is 6. The Morgan fingerprint density at radius 1 is 1.21 bits per heavy atom. The van der Waals surface area contributed by atoms with Crippen molar-refractivity contribution >= 4 is 34.7 Å². The summed E-state index contributed by atoms with van der Waals surface area (Å²) in [6.45, 7) is 0.459. The van der Waals surface area contributed by atoms with E-state index in [-0.39, 0.29) is 11.7 Å². The Morgan fingerprint density at radius 3 is 2.89 bits per heavy atom. The van der Waals surface area contributed by atoms with Gasteiger partial charge in [-0.2, -0.15) is 0 Å². The normalized spacial score (nSPS) is 10.9. The summed E-state index contributed by atoms with van der Waals surface area (Å²) in [6, 6.07) is 13.4. The number of amides is 1. The third-order valence-corrected chi connectivity index (χ3v) is 5.63. The first-order valence-electron chi connectivity index (χ1n) is 8.37. The number of aromatic nitrogens is 3. The highest BCUT2D eigenvalue weighted by atomic mass is 32.2. The van der Waals surface area contributed by atoms with Crippen molar-refractivity contribution in [2.75, 3.05) is 11.1 Å². The number of nitrogens with zero attached hydrogens (tertiary/aromatic N) is 3. The van der Waals surface area contributed by atoms with Gasteiger partial charge in [-0.15, -0.1) is 21.5 Å². The van der Waals surface area contributed by atoms with Crippen LogP contribution in [0.15, 0.2) is 69.7 Å². The molecule has 0 radical (unpaired) electrons. The van der Waals surface area contributed by atoms with Crippen LogP contribution in [-0.2, 0) is 11.3 Å². The molecule has 6 nitrogen and oxygen atoms in total. The summed E-state index contributed by atoms with van der Waals surface area (Å²) >= 11 is 2.83. The molecule has 1 amide bonds. The Labute approximate surface area is 168 Å². The zero-order valence-corrected chi connectivity index (χ0v) is 16.2. The summed E-state index contributed by atoms with van der Waals surface area (Å²) in [6.07, 6.45) is 1.61. The SMILES string of the molecule is O=C(CSc1nnc(-c2cccs2)n1Cc1ccco1)Nc1cccc(F)c1. The summed E-state index contributed by atoms with van der Waals surface area (Å²) < 4.78 is 20.6. The van der Waals surface area contributed by atoms with Gasteiger partial charge in [-0.3, -0.25) is 9.36 Å². The summed E-state index contributed by atoms with van der Waals surface area (Å²) in [4.78, 5) is 13.2. The molecule has 0 saturated carbocycles. The maximum Gasteiger partial charge on any atom is 0.234 e. The topological polar surface area (TPSA) is 73.0 Å². The number of hydrogen-bond donors (Lipinski definition) is 1. The van der Waals surface area contributed by atoms with Gasteiger partial charge in [0.1, 0.15) is 11.6 Å². The van der Waals surface area contributed by atoms with Crippen molar-refractivity contribution in [3.8, 4) is 10.7 Å². The lowest BCUT2D eigenvalue weighted by Gasteiger charge is -2.08. The van der Waals surface area contributed by atoms with Crippen LogP contribution in [0.25, 0.3) is 10.7 Å². The highest BCUT2D eigenvalue weighted by molar-refractivity contribution is 7.99. The van der Waals surface area contributed by atoms with E-state index >= 15 is 0 Å². The zero-order chi connectivity index (χ0) is 19.3. The fourth-order valence-electron chi connectivity index (χ4n) is 2.58. The molecule has 1 aromatic carbocycles. The lowest BCUT2D eigenvalue weighted by atomic mass is 10.3. The number of rotatable bonds is 7. The van der Waals surface area contributed by atoms with Gasteiger partial charge in [-0.1, -0.05) is 23.9 Å². The van der Waals surface area contributed by atoms with E-state index in [4.69, 9.17) is 4.42 Å². The second-order valence-corrected chi connectivity index (χ2v) is 7.69. The molecule has 28 heavy (non-hydrogen) atoms. The minimum Gasteiger partial charge on any atom is -0.467 e. The highest BCUT2D eigenvalue weighted by Crippen LogP contribution is 2.28. The van der Waals surface area contributed by atoms with E-state index < -0.39 is 5.82 Å². The monoisotopic (exact) mass is 414 g/mol. The first-order valence-corrected chi connectivity index (χ1v) is 10.2. The van der Waals surface area contributed by atoms with Gasteiger partial charge in [0.2, 0.25) is 5.91 Å². The molecule has 0 aliphatic carbocycles. The lowest BCUT2D eigenvalue weighted by Crippen LogP contribution is -2.15. The predicted molar refractivity (Wildman–Crippen MR) is 107 cm³/mol. The number of furan rings is 1. The molecule has 0 unspecified atom stereocenters. The Kier molecular flexibility index (Phi) is 5.54. The molecule has 9 heteroatoms. The average molecular weight is 414 g/mol. The molecular formula is C19H15FN4O2S2. The average Bonchev–Trinajstić information content (AvgIpc) is 3.43. The summed E-state index contributed by atoms with van der Waals surface area (Å²) in [5.41, 5.74) is 0.418. The molecule has 3 aromatic heterocycles. The third kappa shape index (κ3) is 4.32. The summed E-state index contributed by atoms with van der Waals surface area (Å²) in [5, 5.41) is 13.8. The van der Waals surface area contributed by atoms with E-state index in [0.29, 0.717) is 17.4 Å². The molecule has 0 bridgehead atoms. The van der Waals surface area contributed by atoms with Crippen LogP contribution in [0.3, 0.4) is 0 Å². The van der Waals surface area contributed by atoms with Gasteiger partial charge >= 0.3 is 0 Å². The van der Waals surface area contributed by atoms with Gasteiger partial charge in [0.15, 0.2) is 11.0 Å². The number of anilines is 1. The van der Waals surface area contributed by atoms with Crippen LogP contribution in [0.2, 0.25) is 0 Å². The van der Waals surface area contributed by atoms with Crippen LogP contribution in [-0.4, -0.2) is 26.4 Å². The molecule has 0 aliphatic rings. The zero-order valence-electron chi connectivity index (χ0n) is 14.5. The van der Waals surface area contributed by atoms with Crippen LogP contribution in [0.1, 0.15) is 5.76 Å². The van der Waals surface area contributed by atoms with Crippen LogP contribution in [0.4, 0.5) is 10.1 Å². The first-order chi connectivity index (χ1) is 13.7. The quantitative estimate of drug-likeness (QED) is 0.450. The number of halogens is 1. The maximum atomic E-state index is 13.3. The molecule has 142 valence electrons. The van der Waals surface area contributed by atoms with Crippen molar-refractivity contribution in [2.24, 2.45) is 0 Å². The smallest absolute Gasteiger partial charge is 0.234 e. The van der Waals surface area contributed by atoms with E-state index in [9.17, 15) is 9.18 Å². The molecule has 0 atom stereocenters. The molecule has 3 heterocycles. The van der Waals surface area contributed by atoms with E-state index in [1.165, 1.54) is 23.9 Å². The number of carbonyl (C=O) groups excluding carboxylic acids is 1. The van der Waals surface area contributed by atoms with Gasteiger partial charge in [0.25, 0.3) is 0 Å². The molecule has 0 spiro atoms. The summed E-state index contributed by atoms with van der Waals surface area (Å²) in [5.74, 6) is 0.963. The van der Waals surface area contributed by atoms with Crippen LogP contribution in [0, 0.1) is 5.82 Å². The third-order valence-electron chi connectivity index (χ3n) is 3.79. The minimum atomic E-state index is -0.399. The van der Waals surface area contributed by atoms with Gasteiger partial charge in [0, 0.05) is 5.69 Å². The number of benzene rings is 1. The van der Waals surface area contributed by atoms with Crippen molar-refractivity contribution in [3.63, 3.8) is 0 Å². The molecule has 4 aromatic rings.